The van der Waals surface area contributed by atoms with Gasteiger partial charge in [0.25, 0.3) is 11.8 Å². The molecule has 0 spiro atoms. The second kappa shape index (κ2) is 7.74. The summed E-state index contributed by atoms with van der Waals surface area (Å²) in [5, 5.41) is 0. The van der Waals surface area contributed by atoms with E-state index in [0.29, 0.717) is 22.7 Å². The Labute approximate surface area is 171 Å². The third-order valence-electron chi connectivity index (χ3n) is 5.29. The van der Waals surface area contributed by atoms with Gasteiger partial charge in [0, 0.05) is 13.1 Å². The summed E-state index contributed by atoms with van der Waals surface area (Å²) in [5.41, 5.74) is 3.50. The van der Waals surface area contributed by atoms with Gasteiger partial charge in [-0.3, -0.25) is 9.59 Å². The van der Waals surface area contributed by atoms with Crippen LogP contribution < -0.4 is 9.64 Å². The highest BCUT2D eigenvalue weighted by atomic mass is 16.5. The number of anilines is 1. The smallest absolute Gasteiger partial charge is 0.282 e. The van der Waals surface area contributed by atoms with Gasteiger partial charge in [0.15, 0.2) is 0 Å². The minimum atomic E-state index is -0.265. The van der Waals surface area contributed by atoms with Gasteiger partial charge in [-0.25, -0.2) is 4.90 Å². The van der Waals surface area contributed by atoms with Crippen LogP contribution in [0.2, 0.25) is 0 Å². The molecule has 2 aliphatic rings. The van der Waals surface area contributed by atoms with Crippen molar-refractivity contribution < 1.29 is 14.3 Å². The molecule has 2 heterocycles. The van der Waals surface area contributed by atoms with E-state index in [1.807, 2.05) is 45.0 Å². The molecule has 2 aromatic carbocycles. The molecule has 29 heavy (non-hydrogen) atoms. The Hall–Kier alpha value is -3.08. The van der Waals surface area contributed by atoms with Gasteiger partial charge in [-0.2, -0.15) is 0 Å². The highest BCUT2D eigenvalue weighted by Crippen LogP contribution is 2.36. The minimum Gasteiger partial charge on any atom is -0.491 e. The number of aryl methyl sites for hydroxylation is 1. The van der Waals surface area contributed by atoms with Crippen molar-refractivity contribution in [2.24, 2.45) is 0 Å². The zero-order valence-corrected chi connectivity index (χ0v) is 17.1. The summed E-state index contributed by atoms with van der Waals surface area (Å²) in [6.07, 6.45) is 2.13. The van der Waals surface area contributed by atoms with Crippen molar-refractivity contribution in [3.05, 3.63) is 65.4 Å². The molecular formula is C24H26N2O3. The molecule has 0 N–H and O–H groups in total. The van der Waals surface area contributed by atoms with E-state index >= 15 is 0 Å². The average Bonchev–Trinajstić information content (AvgIpc) is 3.29. The predicted octanol–water partition coefficient (Wildman–Crippen LogP) is 4.16. The number of carbonyl (C=O) groups is 2. The number of amides is 2. The molecule has 4 rings (SSSR count). The van der Waals surface area contributed by atoms with Crippen LogP contribution in [0.3, 0.4) is 0 Å². The van der Waals surface area contributed by atoms with Gasteiger partial charge in [-0.1, -0.05) is 29.8 Å². The summed E-state index contributed by atoms with van der Waals surface area (Å²) in [7, 11) is 0. The van der Waals surface area contributed by atoms with Crippen molar-refractivity contribution in [2.75, 3.05) is 18.0 Å². The third-order valence-corrected chi connectivity index (χ3v) is 5.29. The first kappa shape index (κ1) is 19.2. The Kier molecular flexibility index (Phi) is 5.14. The molecular weight excluding hydrogens is 364 g/mol. The second-order valence-electron chi connectivity index (χ2n) is 7.89. The summed E-state index contributed by atoms with van der Waals surface area (Å²) < 4.78 is 5.68. The van der Waals surface area contributed by atoms with E-state index in [2.05, 4.69) is 4.90 Å². The zero-order valence-electron chi connectivity index (χ0n) is 17.1. The van der Waals surface area contributed by atoms with Crippen molar-refractivity contribution in [3.63, 3.8) is 0 Å². The van der Waals surface area contributed by atoms with Gasteiger partial charge in [0.05, 0.1) is 17.4 Å². The van der Waals surface area contributed by atoms with Gasteiger partial charge < -0.3 is 9.64 Å². The Bertz CT molecular complexity index is 953. The number of ether oxygens (including phenoxy) is 1. The first-order valence-corrected chi connectivity index (χ1v) is 10.2. The molecule has 0 radical (unpaired) electrons. The Morgan fingerprint density at radius 3 is 2.07 bits per heavy atom. The van der Waals surface area contributed by atoms with Gasteiger partial charge in [-0.05, 0) is 63.4 Å². The molecule has 0 atom stereocenters. The number of likely N-dealkylation sites (tertiary alicyclic amines) is 1. The van der Waals surface area contributed by atoms with Crippen LogP contribution in [-0.4, -0.2) is 35.9 Å². The van der Waals surface area contributed by atoms with E-state index in [0.717, 1.165) is 37.1 Å². The summed E-state index contributed by atoms with van der Waals surface area (Å²) in [6.45, 7) is 7.54. The molecule has 0 aromatic heterocycles. The lowest BCUT2D eigenvalue weighted by molar-refractivity contribution is -0.120. The maximum atomic E-state index is 13.4. The maximum absolute atomic E-state index is 13.4. The molecule has 1 saturated heterocycles. The van der Waals surface area contributed by atoms with Gasteiger partial charge >= 0.3 is 0 Å². The summed E-state index contributed by atoms with van der Waals surface area (Å²) in [6, 6.07) is 14.9. The SMILES string of the molecule is Cc1ccc(C2=C(N3CCCC3)C(=O)N(c3ccc(OC(C)C)cc3)C2=O)cc1. The number of benzene rings is 2. The normalized spacial score (nSPS) is 17.1. The number of nitrogens with zero attached hydrogens (tertiary/aromatic N) is 2. The number of rotatable bonds is 5. The molecule has 5 heteroatoms. The average molecular weight is 390 g/mol. The number of imide groups is 1. The topological polar surface area (TPSA) is 49.9 Å². The molecule has 0 bridgehead atoms. The Morgan fingerprint density at radius 1 is 0.862 bits per heavy atom. The van der Waals surface area contributed by atoms with E-state index in [1.165, 1.54) is 4.90 Å². The van der Waals surface area contributed by atoms with Crippen molar-refractivity contribution >= 4 is 23.1 Å². The standard InChI is InChI=1S/C24H26N2O3/c1-16(2)29-20-12-10-19(11-13-20)26-23(27)21(18-8-6-17(3)7-9-18)22(24(26)28)25-14-4-5-15-25/h6-13,16H,4-5,14-15H2,1-3H3. The summed E-state index contributed by atoms with van der Waals surface area (Å²) in [5.74, 6) is 0.206. The maximum Gasteiger partial charge on any atom is 0.282 e. The van der Waals surface area contributed by atoms with Crippen LogP contribution >= 0.6 is 0 Å². The van der Waals surface area contributed by atoms with E-state index in [-0.39, 0.29) is 17.9 Å². The largest absolute Gasteiger partial charge is 0.491 e. The van der Waals surface area contributed by atoms with Crippen LogP contribution in [-0.2, 0) is 9.59 Å². The second-order valence-corrected chi connectivity index (χ2v) is 7.89. The Morgan fingerprint density at radius 2 is 1.48 bits per heavy atom. The molecule has 1 fully saturated rings. The van der Waals surface area contributed by atoms with Crippen LogP contribution in [0.4, 0.5) is 5.69 Å². The minimum absolute atomic E-state index is 0.0625. The third kappa shape index (κ3) is 3.65. The molecule has 150 valence electrons. The summed E-state index contributed by atoms with van der Waals surface area (Å²) >= 11 is 0. The van der Waals surface area contributed by atoms with Crippen molar-refractivity contribution in [2.45, 2.75) is 39.7 Å². The fourth-order valence-electron chi connectivity index (χ4n) is 3.91. The molecule has 2 aliphatic heterocycles. The quantitative estimate of drug-likeness (QED) is 0.720. The highest BCUT2D eigenvalue weighted by molar-refractivity contribution is 6.45. The first-order valence-electron chi connectivity index (χ1n) is 10.2. The van der Waals surface area contributed by atoms with Crippen LogP contribution in [0.25, 0.3) is 5.57 Å². The van der Waals surface area contributed by atoms with E-state index in [1.54, 1.807) is 24.3 Å². The molecule has 2 aromatic rings. The summed E-state index contributed by atoms with van der Waals surface area (Å²) in [4.78, 5) is 30.2. The fraction of sp³-hybridized carbons (Fsp3) is 0.333. The monoisotopic (exact) mass is 390 g/mol. The predicted molar refractivity (Wildman–Crippen MR) is 114 cm³/mol. The lowest BCUT2D eigenvalue weighted by atomic mass is 10.0. The van der Waals surface area contributed by atoms with Crippen LogP contribution in [0.1, 0.15) is 37.8 Å². The molecule has 5 nitrogen and oxygen atoms in total. The van der Waals surface area contributed by atoms with Crippen molar-refractivity contribution in [3.8, 4) is 5.75 Å². The van der Waals surface area contributed by atoms with Gasteiger partial charge in [0.2, 0.25) is 0 Å². The lowest BCUT2D eigenvalue weighted by Crippen LogP contribution is -2.34. The van der Waals surface area contributed by atoms with Gasteiger partial charge in [-0.15, -0.1) is 0 Å². The first-order chi connectivity index (χ1) is 14.0. The molecule has 0 unspecified atom stereocenters. The Balaban J connectivity index is 1.73. The van der Waals surface area contributed by atoms with Crippen molar-refractivity contribution in [1.29, 1.82) is 0 Å². The number of carbonyl (C=O) groups excluding carboxylic acids is 2. The molecule has 0 saturated carbocycles. The number of hydrogen-bond acceptors (Lipinski definition) is 4. The lowest BCUT2D eigenvalue weighted by Gasteiger charge is -2.20. The van der Waals surface area contributed by atoms with Crippen LogP contribution in [0, 0.1) is 6.92 Å². The zero-order chi connectivity index (χ0) is 20.5. The van der Waals surface area contributed by atoms with E-state index in [9.17, 15) is 9.59 Å². The van der Waals surface area contributed by atoms with E-state index in [4.69, 9.17) is 4.74 Å². The van der Waals surface area contributed by atoms with Crippen LogP contribution in [0.15, 0.2) is 54.2 Å². The number of hydrogen-bond donors (Lipinski definition) is 0. The van der Waals surface area contributed by atoms with E-state index < -0.39 is 0 Å². The highest BCUT2D eigenvalue weighted by Gasteiger charge is 2.42. The fourth-order valence-corrected chi connectivity index (χ4v) is 3.91. The van der Waals surface area contributed by atoms with Gasteiger partial charge in [0.1, 0.15) is 11.4 Å². The van der Waals surface area contributed by atoms with Crippen LogP contribution in [0.5, 0.6) is 5.75 Å². The molecule has 2 amide bonds. The van der Waals surface area contributed by atoms with Crippen molar-refractivity contribution in [1.82, 2.24) is 4.90 Å². The molecule has 0 aliphatic carbocycles.